The average Bonchev–Trinajstić information content (AvgIpc) is 3.61. The van der Waals surface area contributed by atoms with Crippen molar-refractivity contribution >= 4 is 38.5 Å². The molecule has 8 N–H and O–H groups in total. The number of anilines is 1. The summed E-state index contributed by atoms with van der Waals surface area (Å²) >= 11 is 0. The van der Waals surface area contributed by atoms with Gasteiger partial charge < -0.3 is 60.2 Å². The fourth-order valence-corrected chi connectivity index (χ4v) is 6.58. The molecule has 0 spiro atoms. The van der Waals surface area contributed by atoms with Gasteiger partial charge in [0.1, 0.15) is 47.9 Å². The molecule has 2 fully saturated rings. The second-order valence-corrected chi connectivity index (χ2v) is 12.6. The SMILES string of the molecule is NC(=O)c1ccc[n+](C2O[C@H](COP(=O)([O-])OP(=O)([O-])OC[C@H]3O[C@@H](n4cnc5c(N)ncnc54)[C@H](O)[C@@H]3O)[C@@H](O)[C@H]2O)c1.[Li+]. The van der Waals surface area contributed by atoms with E-state index in [1.54, 1.807) is 0 Å². The Balaban J connectivity index is 0.00000461. The van der Waals surface area contributed by atoms with Crippen LogP contribution < -0.4 is 44.7 Å². The Morgan fingerprint density at radius 3 is 2.27 bits per heavy atom. The summed E-state index contributed by atoms with van der Waals surface area (Å²) in [5.41, 5.74) is 11.3. The Morgan fingerprint density at radius 2 is 1.62 bits per heavy atom. The van der Waals surface area contributed by atoms with E-state index in [-0.39, 0.29) is 41.4 Å². The number of carbonyl (C=O) groups excluding carboxylic acids is 1. The topological polar surface area (TPSA) is 324 Å². The zero-order valence-electron chi connectivity index (χ0n) is 23.2. The quantitative estimate of drug-likeness (QED) is 0.0627. The molecule has 3 aromatic rings. The number of hydrogen-bond acceptors (Lipinski definition) is 18. The number of pyridine rings is 1. The van der Waals surface area contributed by atoms with E-state index in [0.29, 0.717) is 0 Å². The Bertz CT molecular complexity index is 1640. The van der Waals surface area contributed by atoms with Gasteiger partial charge in [-0.2, -0.15) is 4.57 Å². The number of nitrogens with two attached hydrogens (primary N) is 2. The summed E-state index contributed by atoms with van der Waals surface area (Å²) in [5, 5.41) is 41.5. The number of aromatic nitrogens is 5. The number of carbonyl (C=O) groups is 1. The van der Waals surface area contributed by atoms with Crippen molar-refractivity contribution in [2.24, 2.45) is 5.73 Å². The number of ether oxygens (including phenoxy) is 2. The maximum absolute atomic E-state index is 12.3. The van der Waals surface area contributed by atoms with Crippen LogP contribution >= 0.6 is 15.6 Å². The van der Waals surface area contributed by atoms with Crippen molar-refractivity contribution in [2.45, 2.75) is 49.1 Å². The molecule has 2 saturated heterocycles. The van der Waals surface area contributed by atoms with Gasteiger partial charge in [0, 0.05) is 6.07 Å². The zero-order valence-corrected chi connectivity index (χ0v) is 24.9. The summed E-state index contributed by atoms with van der Waals surface area (Å²) < 4.78 is 51.1. The van der Waals surface area contributed by atoms with Crippen molar-refractivity contribution < 1.29 is 90.4 Å². The summed E-state index contributed by atoms with van der Waals surface area (Å²) in [6.45, 7) is -1.98. The van der Waals surface area contributed by atoms with Crippen LogP contribution in [0.25, 0.3) is 11.2 Å². The minimum Gasteiger partial charge on any atom is -0.756 e. The van der Waals surface area contributed by atoms with Crippen molar-refractivity contribution in [2.75, 3.05) is 18.9 Å². The summed E-state index contributed by atoms with van der Waals surface area (Å²) in [6, 6.07) is 2.80. The fraction of sp³-hybridized carbons (Fsp3) is 0.476. The average molecular weight is 669 g/mol. The second-order valence-electron chi connectivity index (χ2n) is 9.65. The van der Waals surface area contributed by atoms with Crippen LogP contribution in [0.1, 0.15) is 22.8 Å². The Hall–Kier alpha value is -2.41. The fourth-order valence-electron chi connectivity index (χ4n) is 4.56. The molecule has 3 unspecified atom stereocenters. The second kappa shape index (κ2) is 13.7. The third-order valence-electron chi connectivity index (χ3n) is 6.73. The smallest absolute Gasteiger partial charge is 0.756 e. The number of aliphatic hydroxyl groups excluding tert-OH is 4. The van der Waals surface area contributed by atoms with Gasteiger partial charge in [-0.15, -0.1) is 0 Å². The maximum Gasteiger partial charge on any atom is 1.00 e. The molecular formula is C21H26LiN7O14P2. The van der Waals surface area contributed by atoms with Gasteiger partial charge in [0.15, 0.2) is 36.2 Å². The Kier molecular flexibility index (Phi) is 10.8. The number of primary amides is 1. The zero-order chi connectivity index (χ0) is 32.0. The van der Waals surface area contributed by atoms with Gasteiger partial charge in [0.05, 0.1) is 19.5 Å². The van der Waals surface area contributed by atoms with Crippen molar-refractivity contribution in [3.63, 3.8) is 0 Å². The number of rotatable bonds is 11. The van der Waals surface area contributed by atoms with Gasteiger partial charge in [-0.1, -0.05) is 0 Å². The van der Waals surface area contributed by atoms with Crippen LogP contribution in [0.3, 0.4) is 0 Å². The number of hydrogen-bond donors (Lipinski definition) is 6. The molecule has 1 amide bonds. The van der Waals surface area contributed by atoms with E-state index in [1.165, 1.54) is 40.0 Å². The van der Waals surface area contributed by atoms with Crippen LogP contribution in [0.4, 0.5) is 5.82 Å². The molecule has 0 radical (unpaired) electrons. The molecule has 5 heterocycles. The third-order valence-corrected chi connectivity index (χ3v) is 9.26. The molecule has 45 heavy (non-hydrogen) atoms. The predicted octanol–water partition coefficient (Wildman–Crippen LogP) is -7.28. The van der Waals surface area contributed by atoms with E-state index in [2.05, 4.69) is 28.3 Å². The van der Waals surface area contributed by atoms with E-state index in [9.17, 15) is 44.1 Å². The van der Waals surface area contributed by atoms with Gasteiger partial charge in [-0.25, -0.2) is 19.3 Å². The standard InChI is InChI=1S/C21H27N7O14P2.Li/c22-17-12-19(25-7-24-17)28(8-26-12)21-16(32)14(30)11(41-21)6-39-44(36,37)42-43(34,35)38-5-10-13(29)15(31)20(40-10)27-3-1-2-9(4-27)18(23)33;/h1-4,7-8,10-11,13-16,20-21,29-32H,5-6H2,(H5-,22,23,24,25,33,34,35,36,37);/q;+1/p-1/t10-,11-,13-,14-,15-,16-,20?,21-;/m1./s1. The minimum atomic E-state index is -5.68. The van der Waals surface area contributed by atoms with Crippen molar-refractivity contribution in [1.82, 2.24) is 19.5 Å². The van der Waals surface area contributed by atoms with Gasteiger partial charge in [-0.05, 0) is 6.07 Å². The number of imidazole rings is 1. The molecule has 21 nitrogen and oxygen atoms in total. The molecule has 24 heteroatoms. The van der Waals surface area contributed by atoms with Crippen LogP contribution in [0.15, 0.2) is 37.2 Å². The minimum absolute atomic E-state index is 0. The van der Waals surface area contributed by atoms with Gasteiger partial charge in [-0.3, -0.25) is 18.5 Å². The number of nitrogen functional groups attached to an aromatic ring is 1. The van der Waals surface area contributed by atoms with E-state index < -0.39 is 83.8 Å². The van der Waals surface area contributed by atoms with Crippen LogP contribution in [-0.2, 0) is 32.0 Å². The van der Waals surface area contributed by atoms with E-state index in [4.69, 9.17) is 20.9 Å². The molecule has 2 aliphatic heterocycles. The molecule has 240 valence electrons. The third kappa shape index (κ3) is 7.60. The Morgan fingerprint density at radius 1 is 1.00 bits per heavy atom. The number of aliphatic hydroxyl groups is 4. The molecule has 0 bridgehead atoms. The van der Waals surface area contributed by atoms with Gasteiger partial charge in [0.2, 0.25) is 0 Å². The summed E-state index contributed by atoms with van der Waals surface area (Å²) in [4.78, 5) is 47.8. The Labute approximate surface area is 264 Å². The van der Waals surface area contributed by atoms with Crippen molar-refractivity contribution in [3.8, 4) is 0 Å². The molecule has 3 aromatic heterocycles. The van der Waals surface area contributed by atoms with E-state index in [1.807, 2.05) is 0 Å². The molecule has 2 aliphatic rings. The molecule has 0 aliphatic carbocycles. The van der Waals surface area contributed by atoms with E-state index in [0.717, 1.165) is 6.33 Å². The van der Waals surface area contributed by atoms with Crippen LogP contribution in [0.5, 0.6) is 0 Å². The monoisotopic (exact) mass is 669 g/mol. The van der Waals surface area contributed by atoms with E-state index >= 15 is 0 Å². The first-order chi connectivity index (χ1) is 20.7. The number of phosphoric acid groups is 2. The van der Waals surface area contributed by atoms with Gasteiger partial charge in [0.25, 0.3) is 27.8 Å². The largest absolute Gasteiger partial charge is 1.00 e. The summed E-state index contributed by atoms with van der Waals surface area (Å²) in [7, 11) is -11.4. The normalized spacial score (nSPS) is 30.9. The molecule has 0 aromatic carbocycles. The summed E-state index contributed by atoms with van der Waals surface area (Å²) in [5.74, 6) is -0.743. The predicted molar refractivity (Wildman–Crippen MR) is 135 cm³/mol. The molecule has 10 atom stereocenters. The molecule has 0 saturated carbocycles. The van der Waals surface area contributed by atoms with Crippen LogP contribution in [-0.4, -0.2) is 95.7 Å². The summed E-state index contributed by atoms with van der Waals surface area (Å²) in [6.07, 6.45) is -7.26. The molecular weight excluding hydrogens is 643 g/mol. The number of fused-ring (bicyclic) bond motifs is 1. The number of nitrogens with zero attached hydrogens (tertiary/aromatic N) is 5. The van der Waals surface area contributed by atoms with Crippen LogP contribution in [0.2, 0.25) is 0 Å². The van der Waals surface area contributed by atoms with Crippen molar-refractivity contribution in [3.05, 3.63) is 42.7 Å². The van der Waals surface area contributed by atoms with Crippen molar-refractivity contribution in [1.29, 1.82) is 0 Å². The van der Waals surface area contributed by atoms with Gasteiger partial charge >= 0.3 is 18.9 Å². The maximum atomic E-state index is 12.3. The molecule has 5 rings (SSSR count). The first kappa shape index (κ1) is 35.4. The number of phosphoric ester groups is 2. The number of amides is 1. The van der Waals surface area contributed by atoms with Crippen LogP contribution in [0, 0.1) is 0 Å². The first-order valence-corrected chi connectivity index (χ1v) is 15.5. The first-order valence-electron chi connectivity index (χ1n) is 12.6.